The van der Waals surface area contributed by atoms with Gasteiger partial charge in [0, 0.05) is 28.9 Å². The number of aromatic hydroxyl groups is 1. The van der Waals surface area contributed by atoms with Gasteiger partial charge < -0.3 is 5.11 Å². The van der Waals surface area contributed by atoms with Crippen LogP contribution in [0, 0.1) is 0 Å². The zero-order valence-corrected chi connectivity index (χ0v) is 31.5. The maximum Gasteiger partial charge on any atom is 0.149 e. The molecule has 0 aliphatic carbocycles. The van der Waals surface area contributed by atoms with Gasteiger partial charge in [0.25, 0.3) is 0 Å². The Morgan fingerprint density at radius 3 is 1.87 bits per heavy atom. The highest BCUT2D eigenvalue weighted by atomic mass is 16.3. The Kier molecular flexibility index (Phi) is 9.43. The Morgan fingerprint density at radius 2 is 1.19 bits per heavy atom. The zero-order chi connectivity index (χ0) is 37.3. The maximum absolute atomic E-state index is 11.9. The first-order valence-corrected chi connectivity index (χ1v) is 18.9. The SMILES string of the molecule is CC(C)c1cc(-c2nc3c(-c4cc(-c5ccc(C(C)c6ccccc6)cc5)cc(-c5ccccn5)c4)cccc3n2-c2ccccc2)c(O)c(C(C)C)c1. The van der Waals surface area contributed by atoms with E-state index < -0.39 is 0 Å². The molecule has 0 radical (unpaired) electrons. The Bertz CT molecular complexity index is 2550. The highest BCUT2D eigenvalue weighted by Gasteiger charge is 2.23. The number of hydrogen-bond donors (Lipinski definition) is 1. The van der Waals surface area contributed by atoms with Gasteiger partial charge in [-0.25, -0.2) is 4.98 Å². The number of hydrogen-bond acceptors (Lipinski definition) is 3. The molecule has 0 fully saturated rings. The average molecular weight is 704 g/mol. The predicted octanol–water partition coefficient (Wildman–Crippen LogP) is 13.2. The summed E-state index contributed by atoms with van der Waals surface area (Å²) in [5.74, 6) is 1.73. The molecule has 8 rings (SSSR count). The first-order valence-electron chi connectivity index (χ1n) is 18.9. The monoisotopic (exact) mass is 703 g/mol. The molecule has 0 amide bonds. The van der Waals surface area contributed by atoms with E-state index in [-0.39, 0.29) is 17.6 Å². The van der Waals surface area contributed by atoms with E-state index in [4.69, 9.17) is 9.97 Å². The summed E-state index contributed by atoms with van der Waals surface area (Å²) < 4.78 is 2.19. The lowest BCUT2D eigenvalue weighted by atomic mass is 9.90. The molecule has 0 saturated heterocycles. The molecule has 1 atom stereocenters. The van der Waals surface area contributed by atoms with Crippen molar-refractivity contribution in [2.75, 3.05) is 0 Å². The number of fused-ring (bicyclic) bond motifs is 1. The largest absolute Gasteiger partial charge is 0.507 e. The Morgan fingerprint density at radius 1 is 0.519 bits per heavy atom. The lowest BCUT2D eigenvalue weighted by Crippen LogP contribution is -2.01. The van der Waals surface area contributed by atoms with Crippen LogP contribution in [0.1, 0.15) is 74.6 Å². The van der Waals surface area contributed by atoms with Gasteiger partial charge >= 0.3 is 0 Å². The van der Waals surface area contributed by atoms with Crippen LogP contribution in [0.3, 0.4) is 0 Å². The molecule has 6 aromatic carbocycles. The molecule has 2 aromatic heterocycles. The predicted molar refractivity (Wildman–Crippen MR) is 224 cm³/mol. The quantitative estimate of drug-likeness (QED) is 0.163. The Balaban J connectivity index is 1.33. The third kappa shape index (κ3) is 6.60. The fourth-order valence-electron chi connectivity index (χ4n) is 7.50. The molecule has 0 aliphatic heterocycles. The lowest BCUT2D eigenvalue weighted by molar-refractivity contribution is 0.466. The number of aromatic nitrogens is 3. The summed E-state index contributed by atoms with van der Waals surface area (Å²) in [4.78, 5) is 10.2. The van der Waals surface area contributed by atoms with E-state index >= 15 is 0 Å². The topological polar surface area (TPSA) is 50.9 Å². The van der Waals surface area contributed by atoms with Crippen LogP contribution in [0.4, 0.5) is 0 Å². The van der Waals surface area contributed by atoms with Crippen molar-refractivity contribution in [3.8, 4) is 56.3 Å². The third-order valence-electron chi connectivity index (χ3n) is 10.6. The third-order valence-corrected chi connectivity index (χ3v) is 10.6. The molecule has 266 valence electrons. The molecule has 0 aliphatic rings. The lowest BCUT2D eigenvalue weighted by Gasteiger charge is -2.18. The van der Waals surface area contributed by atoms with Crippen molar-refractivity contribution in [1.29, 1.82) is 0 Å². The first kappa shape index (κ1) is 34.8. The van der Waals surface area contributed by atoms with Gasteiger partial charge in [0.15, 0.2) is 0 Å². The summed E-state index contributed by atoms with van der Waals surface area (Å²) in [6, 6.07) is 53.4. The van der Waals surface area contributed by atoms with Crippen molar-refractivity contribution < 1.29 is 5.11 Å². The smallest absolute Gasteiger partial charge is 0.149 e. The minimum Gasteiger partial charge on any atom is -0.507 e. The van der Waals surface area contributed by atoms with Gasteiger partial charge in [0.05, 0.1) is 22.3 Å². The molecule has 4 nitrogen and oxygen atoms in total. The standard InChI is InChI=1S/C50H45N3O/c1-32(2)38-30-44(33(3)4)49(54)45(31-38)50-52-48-43(19-14-21-47(48)53(50)42-17-10-7-11-18-42)40-27-39(28-41(29-40)46-20-12-13-26-51-46)37-24-22-36(23-25-37)34(5)35-15-8-6-9-16-35/h6-34,54H,1-5H3. The number of para-hydroxylation sites is 2. The number of pyridine rings is 1. The highest BCUT2D eigenvalue weighted by molar-refractivity contribution is 5.97. The Hall–Kier alpha value is -6.26. The average Bonchev–Trinajstić information content (AvgIpc) is 3.61. The van der Waals surface area contributed by atoms with Crippen LogP contribution in [0.5, 0.6) is 5.75 Å². The van der Waals surface area contributed by atoms with Crippen molar-refractivity contribution in [2.45, 2.75) is 52.4 Å². The van der Waals surface area contributed by atoms with Crippen LogP contribution in [-0.4, -0.2) is 19.6 Å². The molecule has 54 heavy (non-hydrogen) atoms. The molecule has 0 saturated carbocycles. The minimum atomic E-state index is 0.149. The number of imidazole rings is 1. The van der Waals surface area contributed by atoms with Crippen LogP contribution in [-0.2, 0) is 0 Å². The van der Waals surface area contributed by atoms with E-state index in [0.29, 0.717) is 5.92 Å². The summed E-state index contributed by atoms with van der Waals surface area (Å²) >= 11 is 0. The van der Waals surface area contributed by atoms with Gasteiger partial charge in [-0.1, -0.05) is 132 Å². The molecule has 8 aromatic rings. The van der Waals surface area contributed by atoms with Crippen molar-refractivity contribution >= 4 is 11.0 Å². The fourth-order valence-corrected chi connectivity index (χ4v) is 7.50. The summed E-state index contributed by atoms with van der Waals surface area (Å²) in [5, 5.41) is 11.9. The molecule has 0 bridgehead atoms. The van der Waals surface area contributed by atoms with Gasteiger partial charge in [-0.15, -0.1) is 0 Å². The van der Waals surface area contributed by atoms with E-state index in [2.05, 4.69) is 161 Å². The minimum absolute atomic E-state index is 0.149. The molecule has 1 unspecified atom stereocenters. The van der Waals surface area contributed by atoms with E-state index in [1.807, 2.05) is 36.5 Å². The fraction of sp³-hybridized carbons (Fsp3) is 0.160. The molecule has 0 spiro atoms. The summed E-state index contributed by atoms with van der Waals surface area (Å²) in [6.45, 7) is 10.9. The van der Waals surface area contributed by atoms with Crippen molar-refractivity contribution in [2.24, 2.45) is 0 Å². The molecule has 4 heteroatoms. The second kappa shape index (κ2) is 14.6. The first-order chi connectivity index (χ1) is 26.3. The Labute approximate surface area is 318 Å². The van der Waals surface area contributed by atoms with Crippen LogP contribution >= 0.6 is 0 Å². The number of phenols is 1. The molecular weight excluding hydrogens is 659 g/mol. The maximum atomic E-state index is 11.9. The normalized spacial score (nSPS) is 12.1. The second-order valence-electron chi connectivity index (χ2n) is 14.9. The molecular formula is C50H45N3O. The number of rotatable bonds is 9. The van der Waals surface area contributed by atoms with E-state index in [1.165, 1.54) is 16.7 Å². The highest BCUT2D eigenvalue weighted by Crippen LogP contribution is 2.43. The van der Waals surface area contributed by atoms with Crippen molar-refractivity contribution in [3.63, 3.8) is 0 Å². The summed E-state index contributed by atoms with van der Waals surface area (Å²) in [7, 11) is 0. The summed E-state index contributed by atoms with van der Waals surface area (Å²) in [6.07, 6.45) is 1.85. The van der Waals surface area contributed by atoms with Crippen LogP contribution in [0.15, 0.2) is 158 Å². The zero-order valence-electron chi connectivity index (χ0n) is 31.5. The van der Waals surface area contributed by atoms with Gasteiger partial charge in [-0.2, -0.15) is 0 Å². The van der Waals surface area contributed by atoms with Crippen molar-refractivity contribution in [3.05, 3.63) is 180 Å². The van der Waals surface area contributed by atoms with Gasteiger partial charge in [0.2, 0.25) is 0 Å². The van der Waals surface area contributed by atoms with Crippen LogP contribution < -0.4 is 0 Å². The molecule has 2 heterocycles. The summed E-state index contributed by atoms with van der Waals surface area (Å²) in [5.41, 5.74) is 14.5. The number of benzene rings is 6. The van der Waals surface area contributed by atoms with Crippen LogP contribution in [0.2, 0.25) is 0 Å². The van der Waals surface area contributed by atoms with Crippen LogP contribution in [0.25, 0.3) is 61.6 Å². The molecule has 1 N–H and O–H groups in total. The van der Waals surface area contributed by atoms with Gasteiger partial charge in [-0.05, 0) is 105 Å². The van der Waals surface area contributed by atoms with Gasteiger partial charge in [0.1, 0.15) is 11.6 Å². The van der Waals surface area contributed by atoms with E-state index in [9.17, 15) is 5.11 Å². The number of phenolic OH excluding ortho intramolecular Hbond substituents is 1. The van der Waals surface area contributed by atoms with Gasteiger partial charge in [-0.3, -0.25) is 9.55 Å². The second-order valence-corrected chi connectivity index (χ2v) is 14.9. The number of nitrogens with zero attached hydrogens (tertiary/aromatic N) is 3. The van der Waals surface area contributed by atoms with E-state index in [0.717, 1.165) is 67.2 Å². The van der Waals surface area contributed by atoms with Crippen molar-refractivity contribution in [1.82, 2.24) is 14.5 Å². The van der Waals surface area contributed by atoms with E-state index in [1.54, 1.807) is 0 Å².